The second kappa shape index (κ2) is 5.98. The van der Waals surface area contributed by atoms with E-state index >= 15 is 0 Å². The Labute approximate surface area is 101 Å². The summed E-state index contributed by atoms with van der Waals surface area (Å²) in [4.78, 5) is 0. The van der Waals surface area contributed by atoms with Gasteiger partial charge in [-0.05, 0) is 37.1 Å². The van der Waals surface area contributed by atoms with Gasteiger partial charge in [0, 0.05) is 6.54 Å². The maximum atomic E-state index is 13.4. The highest BCUT2D eigenvalue weighted by Gasteiger charge is 2.13. The molecule has 1 N–H and O–H groups in total. The van der Waals surface area contributed by atoms with Crippen molar-refractivity contribution >= 4 is 0 Å². The third kappa shape index (κ3) is 3.41. The van der Waals surface area contributed by atoms with Crippen molar-refractivity contribution in [2.45, 2.75) is 25.6 Å². The molecule has 1 heterocycles. The average Bonchev–Trinajstić information content (AvgIpc) is 2.38. The van der Waals surface area contributed by atoms with Gasteiger partial charge >= 0.3 is 0 Å². The SMILES string of the molecule is COc1ccc(CO[C@H]2CCCNC2)cc1F. The molecule has 1 atom stereocenters. The molecule has 0 spiro atoms. The average molecular weight is 239 g/mol. The van der Waals surface area contributed by atoms with E-state index in [1.165, 1.54) is 13.2 Å². The van der Waals surface area contributed by atoms with Crippen LogP contribution >= 0.6 is 0 Å². The van der Waals surface area contributed by atoms with Crippen LogP contribution in [0.25, 0.3) is 0 Å². The first-order valence-corrected chi connectivity index (χ1v) is 5.94. The lowest BCUT2D eigenvalue weighted by Crippen LogP contribution is -2.35. The molecule has 0 bridgehead atoms. The molecule has 1 saturated heterocycles. The standard InChI is InChI=1S/C13H18FNO2/c1-16-13-5-4-10(7-12(13)14)9-17-11-3-2-6-15-8-11/h4-5,7,11,15H,2-3,6,8-9H2,1H3/t11-/m0/s1. The fourth-order valence-corrected chi connectivity index (χ4v) is 1.98. The molecule has 2 rings (SSSR count). The monoisotopic (exact) mass is 239 g/mol. The smallest absolute Gasteiger partial charge is 0.165 e. The molecule has 1 aromatic rings. The maximum absolute atomic E-state index is 13.4. The summed E-state index contributed by atoms with van der Waals surface area (Å²) >= 11 is 0. The van der Waals surface area contributed by atoms with E-state index in [1.807, 2.05) is 6.07 Å². The summed E-state index contributed by atoms with van der Waals surface area (Å²) in [5.74, 6) is -0.0662. The molecule has 1 aliphatic rings. The van der Waals surface area contributed by atoms with Crippen LogP contribution < -0.4 is 10.1 Å². The maximum Gasteiger partial charge on any atom is 0.165 e. The van der Waals surface area contributed by atoms with Crippen LogP contribution in [0.15, 0.2) is 18.2 Å². The largest absolute Gasteiger partial charge is 0.494 e. The Hall–Kier alpha value is -1.13. The van der Waals surface area contributed by atoms with Gasteiger partial charge in [-0.25, -0.2) is 4.39 Å². The van der Waals surface area contributed by atoms with Gasteiger partial charge < -0.3 is 14.8 Å². The summed E-state index contributed by atoms with van der Waals surface area (Å²) in [6, 6.07) is 4.93. The van der Waals surface area contributed by atoms with Crippen molar-refractivity contribution < 1.29 is 13.9 Å². The highest BCUT2D eigenvalue weighted by molar-refractivity contribution is 5.28. The number of hydrogen-bond acceptors (Lipinski definition) is 3. The first-order valence-electron chi connectivity index (χ1n) is 5.94. The Morgan fingerprint density at radius 2 is 2.35 bits per heavy atom. The van der Waals surface area contributed by atoms with Gasteiger partial charge in [-0.15, -0.1) is 0 Å². The van der Waals surface area contributed by atoms with E-state index in [2.05, 4.69) is 5.32 Å². The number of halogens is 1. The van der Waals surface area contributed by atoms with Crippen molar-refractivity contribution in [3.8, 4) is 5.75 Å². The van der Waals surface area contributed by atoms with E-state index in [-0.39, 0.29) is 17.7 Å². The second-order valence-electron chi connectivity index (χ2n) is 4.25. The predicted octanol–water partition coefficient (Wildman–Crippen LogP) is 2.10. The number of benzene rings is 1. The van der Waals surface area contributed by atoms with Crippen molar-refractivity contribution in [3.05, 3.63) is 29.6 Å². The molecule has 94 valence electrons. The molecule has 0 aliphatic carbocycles. The fourth-order valence-electron chi connectivity index (χ4n) is 1.98. The van der Waals surface area contributed by atoms with Gasteiger partial charge in [-0.3, -0.25) is 0 Å². The minimum absolute atomic E-state index is 0.244. The van der Waals surface area contributed by atoms with Crippen LogP contribution in [0.4, 0.5) is 4.39 Å². The van der Waals surface area contributed by atoms with E-state index in [0.717, 1.165) is 31.5 Å². The van der Waals surface area contributed by atoms with Crippen molar-refractivity contribution in [2.24, 2.45) is 0 Å². The summed E-state index contributed by atoms with van der Waals surface area (Å²) in [5.41, 5.74) is 0.842. The highest BCUT2D eigenvalue weighted by atomic mass is 19.1. The molecule has 3 nitrogen and oxygen atoms in total. The zero-order valence-electron chi connectivity index (χ0n) is 10.0. The third-order valence-electron chi connectivity index (χ3n) is 2.95. The Balaban J connectivity index is 1.87. The zero-order valence-corrected chi connectivity index (χ0v) is 10.0. The van der Waals surface area contributed by atoms with E-state index in [0.29, 0.717) is 6.61 Å². The molecule has 0 saturated carbocycles. The Bertz CT molecular complexity index is 364. The first-order chi connectivity index (χ1) is 8.29. The van der Waals surface area contributed by atoms with E-state index in [1.54, 1.807) is 6.07 Å². The van der Waals surface area contributed by atoms with E-state index < -0.39 is 0 Å². The van der Waals surface area contributed by atoms with Crippen LogP contribution in [-0.4, -0.2) is 26.3 Å². The second-order valence-corrected chi connectivity index (χ2v) is 4.25. The van der Waals surface area contributed by atoms with Crippen LogP contribution in [-0.2, 0) is 11.3 Å². The minimum atomic E-state index is -0.338. The summed E-state index contributed by atoms with van der Waals surface area (Å²) < 4.78 is 24.0. The van der Waals surface area contributed by atoms with Gasteiger partial charge in [-0.1, -0.05) is 6.07 Å². The van der Waals surface area contributed by atoms with Crippen LogP contribution in [0.3, 0.4) is 0 Å². The zero-order chi connectivity index (χ0) is 12.1. The molecule has 0 amide bonds. The molecule has 0 unspecified atom stereocenters. The minimum Gasteiger partial charge on any atom is -0.494 e. The van der Waals surface area contributed by atoms with Crippen molar-refractivity contribution in [3.63, 3.8) is 0 Å². The summed E-state index contributed by atoms with van der Waals surface area (Å²) in [5, 5.41) is 3.28. The molecule has 17 heavy (non-hydrogen) atoms. The summed E-state index contributed by atoms with van der Waals surface area (Å²) in [6.07, 6.45) is 2.46. The lowest BCUT2D eigenvalue weighted by atomic mass is 10.1. The Morgan fingerprint density at radius 1 is 1.47 bits per heavy atom. The number of methoxy groups -OCH3 is 1. The van der Waals surface area contributed by atoms with Gasteiger partial charge in [0.25, 0.3) is 0 Å². The van der Waals surface area contributed by atoms with Crippen molar-refractivity contribution in [1.82, 2.24) is 5.32 Å². The highest BCUT2D eigenvalue weighted by Crippen LogP contribution is 2.19. The lowest BCUT2D eigenvalue weighted by molar-refractivity contribution is 0.0251. The van der Waals surface area contributed by atoms with Gasteiger partial charge in [0.2, 0.25) is 0 Å². The Kier molecular flexibility index (Phi) is 4.34. The fraction of sp³-hybridized carbons (Fsp3) is 0.538. The van der Waals surface area contributed by atoms with Crippen LogP contribution in [0.2, 0.25) is 0 Å². The van der Waals surface area contributed by atoms with Crippen molar-refractivity contribution in [2.75, 3.05) is 20.2 Å². The quantitative estimate of drug-likeness (QED) is 0.873. The Morgan fingerprint density at radius 3 is 3.00 bits per heavy atom. The molecule has 4 heteroatoms. The molecular formula is C13H18FNO2. The predicted molar refractivity (Wildman–Crippen MR) is 63.6 cm³/mol. The topological polar surface area (TPSA) is 30.5 Å². The molecule has 1 aliphatic heterocycles. The number of hydrogen-bond donors (Lipinski definition) is 1. The normalized spacial score (nSPS) is 20.2. The third-order valence-corrected chi connectivity index (χ3v) is 2.95. The molecular weight excluding hydrogens is 221 g/mol. The first kappa shape index (κ1) is 12.3. The number of ether oxygens (including phenoxy) is 2. The van der Waals surface area contributed by atoms with E-state index in [4.69, 9.17) is 9.47 Å². The number of rotatable bonds is 4. The van der Waals surface area contributed by atoms with Crippen LogP contribution in [0.5, 0.6) is 5.75 Å². The molecule has 1 fully saturated rings. The van der Waals surface area contributed by atoms with Gasteiger partial charge in [-0.2, -0.15) is 0 Å². The van der Waals surface area contributed by atoms with Crippen LogP contribution in [0.1, 0.15) is 18.4 Å². The van der Waals surface area contributed by atoms with Gasteiger partial charge in [0.15, 0.2) is 11.6 Å². The van der Waals surface area contributed by atoms with Gasteiger partial charge in [0.05, 0.1) is 19.8 Å². The molecule has 0 aromatic heterocycles. The number of piperidine rings is 1. The molecule has 1 aromatic carbocycles. The van der Waals surface area contributed by atoms with Gasteiger partial charge in [0.1, 0.15) is 0 Å². The molecule has 0 radical (unpaired) electrons. The summed E-state index contributed by atoms with van der Waals surface area (Å²) in [6.45, 7) is 2.41. The van der Waals surface area contributed by atoms with E-state index in [9.17, 15) is 4.39 Å². The summed E-state index contributed by atoms with van der Waals surface area (Å²) in [7, 11) is 1.46. The van der Waals surface area contributed by atoms with Crippen LogP contribution in [0, 0.1) is 5.82 Å². The van der Waals surface area contributed by atoms with Crippen molar-refractivity contribution in [1.29, 1.82) is 0 Å². The number of nitrogens with one attached hydrogen (secondary N) is 1. The lowest BCUT2D eigenvalue weighted by Gasteiger charge is -2.23.